The van der Waals surface area contributed by atoms with E-state index in [1.807, 2.05) is 6.08 Å². The van der Waals surface area contributed by atoms with Crippen LogP contribution in [-0.2, 0) is 9.53 Å². The van der Waals surface area contributed by atoms with Crippen LogP contribution in [-0.4, -0.2) is 12.6 Å². The molecule has 0 saturated heterocycles. The molecule has 0 heterocycles. The average Bonchev–Trinajstić information content (AvgIpc) is 2.50. The fourth-order valence-electron chi connectivity index (χ4n) is 2.32. The molecule has 0 aromatic heterocycles. The van der Waals surface area contributed by atoms with Crippen LogP contribution in [0.4, 0.5) is 0 Å². The van der Waals surface area contributed by atoms with Gasteiger partial charge < -0.3 is 4.74 Å². The number of allylic oxidation sites excluding steroid dienone is 3. The molecule has 0 aliphatic heterocycles. The molecule has 0 rings (SSSR count). The first-order valence-corrected chi connectivity index (χ1v) is 9.20. The number of unbranched alkanes of at least 4 members (excludes halogenated alkanes) is 10. The molecular weight excluding hydrogens is 272 g/mol. The molecule has 0 unspecified atom stereocenters. The van der Waals surface area contributed by atoms with Crippen LogP contribution in [0, 0.1) is 0 Å². The minimum Gasteiger partial charge on any atom is -0.462 e. The molecule has 0 aliphatic carbocycles. The maximum Gasteiger partial charge on any atom is 0.302 e. The summed E-state index contributed by atoms with van der Waals surface area (Å²) >= 11 is 0. The third-order valence-corrected chi connectivity index (χ3v) is 3.68. The fourth-order valence-corrected chi connectivity index (χ4v) is 2.32. The lowest BCUT2D eigenvalue weighted by Gasteiger charge is -2.00. The highest BCUT2D eigenvalue weighted by Crippen LogP contribution is 2.10. The first kappa shape index (κ1) is 20.9. The van der Waals surface area contributed by atoms with E-state index in [2.05, 4.69) is 25.2 Å². The Hall–Kier alpha value is -1.05. The van der Waals surface area contributed by atoms with E-state index in [0.29, 0.717) is 6.61 Å². The van der Waals surface area contributed by atoms with Crippen LogP contribution in [0.25, 0.3) is 0 Å². The van der Waals surface area contributed by atoms with Gasteiger partial charge in [0.05, 0.1) is 0 Å². The number of rotatable bonds is 15. The Bertz CT molecular complexity index is 292. The predicted octanol–water partition coefficient (Wildman–Crippen LogP) is 6.36. The van der Waals surface area contributed by atoms with Crippen molar-refractivity contribution >= 4 is 5.97 Å². The van der Waals surface area contributed by atoms with E-state index in [1.54, 1.807) is 0 Å². The summed E-state index contributed by atoms with van der Waals surface area (Å²) in [4.78, 5) is 10.5. The van der Waals surface area contributed by atoms with Gasteiger partial charge in [0.15, 0.2) is 0 Å². The van der Waals surface area contributed by atoms with E-state index < -0.39 is 0 Å². The lowest BCUT2D eigenvalue weighted by molar-refractivity contribution is -0.139. The van der Waals surface area contributed by atoms with Crippen molar-refractivity contribution in [2.24, 2.45) is 0 Å². The van der Waals surface area contributed by atoms with Crippen molar-refractivity contribution in [1.82, 2.24) is 0 Å². The third-order valence-electron chi connectivity index (χ3n) is 3.68. The van der Waals surface area contributed by atoms with Crippen LogP contribution in [0.15, 0.2) is 24.3 Å². The van der Waals surface area contributed by atoms with Gasteiger partial charge in [-0.3, -0.25) is 4.79 Å². The van der Waals surface area contributed by atoms with Gasteiger partial charge in [0.2, 0.25) is 0 Å². The van der Waals surface area contributed by atoms with Crippen molar-refractivity contribution in [3.63, 3.8) is 0 Å². The van der Waals surface area contributed by atoms with Crippen molar-refractivity contribution in [3.8, 4) is 0 Å². The van der Waals surface area contributed by atoms with Gasteiger partial charge in [-0.1, -0.05) is 76.2 Å². The molecule has 0 atom stereocenters. The van der Waals surface area contributed by atoms with E-state index in [4.69, 9.17) is 4.74 Å². The van der Waals surface area contributed by atoms with E-state index in [-0.39, 0.29) is 5.97 Å². The van der Waals surface area contributed by atoms with Crippen LogP contribution in [0.1, 0.15) is 90.9 Å². The monoisotopic (exact) mass is 308 g/mol. The molecule has 0 spiro atoms. The molecule has 0 radical (unpaired) electrons. The normalized spacial score (nSPS) is 11.5. The molecular formula is C20H36O2. The van der Waals surface area contributed by atoms with Crippen LogP contribution < -0.4 is 0 Å². The van der Waals surface area contributed by atoms with E-state index >= 15 is 0 Å². The summed E-state index contributed by atoms with van der Waals surface area (Å²) in [7, 11) is 0. The maximum atomic E-state index is 10.5. The lowest BCUT2D eigenvalue weighted by Crippen LogP contribution is -1.97. The number of hydrogen-bond acceptors (Lipinski definition) is 2. The van der Waals surface area contributed by atoms with Gasteiger partial charge in [0.25, 0.3) is 0 Å². The van der Waals surface area contributed by atoms with Crippen LogP contribution in [0.5, 0.6) is 0 Å². The number of carbonyl (C=O) groups excluding carboxylic acids is 1. The predicted molar refractivity (Wildman–Crippen MR) is 96.0 cm³/mol. The quantitative estimate of drug-likeness (QED) is 0.200. The second-order valence-corrected chi connectivity index (χ2v) is 5.94. The molecule has 0 saturated carbocycles. The zero-order valence-electron chi connectivity index (χ0n) is 14.8. The number of hydrogen-bond donors (Lipinski definition) is 0. The Kier molecular flexibility index (Phi) is 17.1. The summed E-state index contributed by atoms with van der Waals surface area (Å²) < 4.78 is 4.83. The zero-order chi connectivity index (χ0) is 16.3. The second-order valence-electron chi connectivity index (χ2n) is 5.94. The molecule has 0 N–H and O–H groups in total. The van der Waals surface area contributed by atoms with Gasteiger partial charge in [-0.25, -0.2) is 0 Å². The van der Waals surface area contributed by atoms with Gasteiger partial charge in [-0.05, 0) is 32.1 Å². The van der Waals surface area contributed by atoms with Gasteiger partial charge in [0, 0.05) is 6.92 Å². The molecule has 0 bridgehead atoms. The number of ether oxygens (including phenoxy) is 1. The molecule has 128 valence electrons. The molecule has 2 nitrogen and oxygen atoms in total. The topological polar surface area (TPSA) is 26.3 Å². The van der Waals surface area contributed by atoms with Crippen molar-refractivity contribution in [1.29, 1.82) is 0 Å². The summed E-state index contributed by atoms with van der Waals surface area (Å²) in [5.74, 6) is -0.207. The number of esters is 1. The first-order chi connectivity index (χ1) is 10.8. The van der Waals surface area contributed by atoms with Crippen molar-refractivity contribution in [3.05, 3.63) is 24.3 Å². The number of carbonyl (C=O) groups is 1. The van der Waals surface area contributed by atoms with Crippen LogP contribution >= 0.6 is 0 Å². The summed E-state index contributed by atoms with van der Waals surface area (Å²) in [6.45, 7) is 4.10. The molecule has 0 aliphatic rings. The van der Waals surface area contributed by atoms with Gasteiger partial charge in [-0.2, -0.15) is 0 Å². The minimum absolute atomic E-state index is 0.207. The molecule has 22 heavy (non-hydrogen) atoms. The highest BCUT2D eigenvalue weighted by atomic mass is 16.5. The van der Waals surface area contributed by atoms with Crippen molar-refractivity contribution in [2.45, 2.75) is 90.9 Å². The van der Waals surface area contributed by atoms with Crippen LogP contribution in [0.2, 0.25) is 0 Å². The molecule has 0 aromatic rings. The summed E-state index contributed by atoms with van der Waals surface area (Å²) in [5.41, 5.74) is 0. The maximum absolute atomic E-state index is 10.5. The minimum atomic E-state index is -0.207. The highest BCUT2D eigenvalue weighted by Gasteiger charge is 1.91. The SMILES string of the molecule is CCCCC=CCCCCCCCCC/C=C/COC(C)=O. The smallest absolute Gasteiger partial charge is 0.302 e. The summed E-state index contributed by atoms with van der Waals surface area (Å²) in [5, 5.41) is 0. The van der Waals surface area contributed by atoms with Gasteiger partial charge in [0.1, 0.15) is 6.61 Å². The summed E-state index contributed by atoms with van der Waals surface area (Å²) in [6.07, 6.45) is 24.4. The van der Waals surface area contributed by atoms with Crippen molar-refractivity contribution < 1.29 is 9.53 Å². The Morgan fingerprint density at radius 1 is 0.727 bits per heavy atom. The van der Waals surface area contributed by atoms with E-state index in [0.717, 1.165) is 6.42 Å². The third kappa shape index (κ3) is 18.9. The molecule has 0 fully saturated rings. The Labute approximate surface area is 138 Å². The first-order valence-electron chi connectivity index (χ1n) is 9.20. The molecule has 0 amide bonds. The second kappa shape index (κ2) is 18.0. The largest absolute Gasteiger partial charge is 0.462 e. The molecule has 2 heteroatoms. The lowest BCUT2D eigenvalue weighted by atomic mass is 10.1. The molecule has 0 aromatic carbocycles. The van der Waals surface area contributed by atoms with Crippen LogP contribution in [0.3, 0.4) is 0 Å². The summed E-state index contributed by atoms with van der Waals surface area (Å²) in [6, 6.07) is 0. The Balaban J connectivity index is 3.11. The highest BCUT2D eigenvalue weighted by molar-refractivity contribution is 5.65. The standard InChI is InChI=1S/C20H36O2/c1-3-4-5-6-7-8-9-10-11-12-13-14-15-16-17-18-19-22-20(2)21/h6-7,17-18H,3-5,8-16,19H2,1-2H3/b7-6?,18-17+. The Morgan fingerprint density at radius 2 is 1.18 bits per heavy atom. The van der Waals surface area contributed by atoms with Crippen molar-refractivity contribution in [2.75, 3.05) is 6.61 Å². The van der Waals surface area contributed by atoms with E-state index in [1.165, 1.54) is 77.6 Å². The fraction of sp³-hybridized carbons (Fsp3) is 0.750. The van der Waals surface area contributed by atoms with Gasteiger partial charge >= 0.3 is 5.97 Å². The zero-order valence-corrected chi connectivity index (χ0v) is 14.8. The van der Waals surface area contributed by atoms with E-state index in [9.17, 15) is 4.79 Å². The Morgan fingerprint density at radius 3 is 1.68 bits per heavy atom. The average molecular weight is 309 g/mol. The van der Waals surface area contributed by atoms with Gasteiger partial charge in [-0.15, -0.1) is 0 Å².